The Kier molecular flexibility index (Phi) is 51.3. The van der Waals surface area contributed by atoms with Gasteiger partial charge in [-0.25, -0.2) is 4.79 Å². The van der Waals surface area contributed by atoms with Crippen LogP contribution in [-0.2, 0) is 42.9 Å². The molecule has 0 bridgehead atoms. The minimum absolute atomic E-state index is 0.0338. The summed E-state index contributed by atoms with van der Waals surface area (Å²) in [5, 5.41) is 31.6. The van der Waals surface area contributed by atoms with Gasteiger partial charge < -0.3 is 39.0 Å². The van der Waals surface area contributed by atoms with E-state index in [1.807, 2.05) is 0 Å². The molecular formula is C69H112O12. The van der Waals surface area contributed by atoms with Crippen molar-refractivity contribution in [3.05, 3.63) is 109 Å². The van der Waals surface area contributed by atoms with Crippen molar-refractivity contribution in [2.75, 3.05) is 13.2 Å². The second-order valence-corrected chi connectivity index (χ2v) is 21.3. The van der Waals surface area contributed by atoms with Crippen molar-refractivity contribution in [1.29, 1.82) is 0 Å². The van der Waals surface area contributed by atoms with Gasteiger partial charge in [-0.2, -0.15) is 0 Å². The fourth-order valence-electron chi connectivity index (χ4n) is 8.99. The predicted molar refractivity (Wildman–Crippen MR) is 330 cm³/mol. The zero-order chi connectivity index (χ0) is 58.9. The van der Waals surface area contributed by atoms with Crippen molar-refractivity contribution in [3.8, 4) is 0 Å². The minimum Gasteiger partial charge on any atom is -0.479 e. The van der Waals surface area contributed by atoms with Gasteiger partial charge in [-0.05, 0) is 122 Å². The van der Waals surface area contributed by atoms with Gasteiger partial charge in [0.25, 0.3) is 0 Å². The molecule has 1 rings (SSSR count). The molecule has 6 unspecified atom stereocenters. The number of hydrogen-bond acceptors (Lipinski definition) is 11. The summed E-state index contributed by atoms with van der Waals surface area (Å²) in [5.74, 6) is -3.17. The number of aliphatic hydroxyl groups excluding tert-OH is 2. The molecule has 460 valence electrons. The van der Waals surface area contributed by atoms with Gasteiger partial charge in [-0.15, -0.1) is 0 Å². The van der Waals surface area contributed by atoms with Crippen LogP contribution in [0.4, 0.5) is 0 Å². The standard InChI is InChI=1S/C69H112O12/c1-4-7-10-13-16-19-22-25-28-30-31-33-35-37-40-43-46-49-52-55-61(70)77-58-60(79-62(71)56-53-50-47-44-41-39-36-32-29-26-23-20-17-14-11-8-5-2)59-78-69-67(65(74)64(73)66(81-69)68(75)76)80-63(72)57-54-51-48-45-42-38-34-27-24-21-18-15-12-9-6-3/h7,9-10,12,16-21,25-29,31,33-34,60,64-67,69,73-74H,4-6,8,11,13-15,22-24,30,32,35-59H2,1-3H3,(H,75,76)/b10-7-,12-9-,19-16-,20-17-,21-18-,28-25-,29-26-,33-31-,34-27-. The lowest BCUT2D eigenvalue weighted by Gasteiger charge is -2.40. The first-order valence-corrected chi connectivity index (χ1v) is 31.9. The van der Waals surface area contributed by atoms with E-state index in [-0.39, 0.29) is 25.9 Å². The molecule has 0 aromatic rings. The lowest BCUT2D eigenvalue weighted by atomic mass is 9.98. The second-order valence-electron chi connectivity index (χ2n) is 21.3. The maximum absolute atomic E-state index is 13.2. The number of rotatable bonds is 53. The second kappa shape index (κ2) is 55.9. The van der Waals surface area contributed by atoms with Crippen LogP contribution < -0.4 is 0 Å². The average molecular weight is 1130 g/mol. The Labute approximate surface area is 491 Å². The van der Waals surface area contributed by atoms with Crippen molar-refractivity contribution < 1.29 is 58.2 Å². The van der Waals surface area contributed by atoms with E-state index in [1.54, 1.807) is 0 Å². The average Bonchev–Trinajstić information content (AvgIpc) is 3.53. The third-order valence-electron chi connectivity index (χ3n) is 13.8. The molecular weight excluding hydrogens is 1020 g/mol. The monoisotopic (exact) mass is 1130 g/mol. The number of carboxylic acid groups (broad SMARTS) is 1. The molecule has 3 N–H and O–H groups in total. The highest BCUT2D eigenvalue weighted by atomic mass is 16.7. The molecule has 0 aromatic carbocycles. The number of carboxylic acids is 1. The maximum atomic E-state index is 13.2. The maximum Gasteiger partial charge on any atom is 0.335 e. The Bertz CT molecular complexity index is 1820. The summed E-state index contributed by atoms with van der Waals surface area (Å²) in [6, 6.07) is 0. The highest BCUT2D eigenvalue weighted by Crippen LogP contribution is 2.26. The van der Waals surface area contributed by atoms with Gasteiger partial charge in [0.1, 0.15) is 18.8 Å². The summed E-state index contributed by atoms with van der Waals surface area (Å²) in [4.78, 5) is 51.3. The van der Waals surface area contributed by atoms with Gasteiger partial charge in [0.15, 0.2) is 24.6 Å². The van der Waals surface area contributed by atoms with Crippen LogP contribution in [0.1, 0.15) is 252 Å². The van der Waals surface area contributed by atoms with Gasteiger partial charge >= 0.3 is 23.9 Å². The van der Waals surface area contributed by atoms with Crippen LogP contribution in [0.5, 0.6) is 0 Å². The van der Waals surface area contributed by atoms with Crippen LogP contribution in [-0.4, -0.2) is 89.2 Å². The van der Waals surface area contributed by atoms with Crippen LogP contribution in [0, 0.1) is 0 Å². The molecule has 0 aromatic heterocycles. The normalized spacial score (nSPS) is 18.5. The fraction of sp³-hybridized carbons (Fsp3) is 0.681. The van der Waals surface area contributed by atoms with E-state index in [0.717, 1.165) is 173 Å². The van der Waals surface area contributed by atoms with E-state index < -0.39 is 67.3 Å². The minimum atomic E-state index is -1.92. The van der Waals surface area contributed by atoms with Crippen molar-refractivity contribution >= 4 is 23.9 Å². The van der Waals surface area contributed by atoms with Gasteiger partial charge in [0.05, 0.1) is 6.61 Å². The molecule has 1 saturated heterocycles. The largest absolute Gasteiger partial charge is 0.479 e. The number of carbonyl (C=O) groups excluding carboxylic acids is 3. The van der Waals surface area contributed by atoms with Crippen molar-refractivity contribution in [2.45, 2.75) is 289 Å². The van der Waals surface area contributed by atoms with Crippen molar-refractivity contribution in [1.82, 2.24) is 0 Å². The summed E-state index contributed by atoms with van der Waals surface area (Å²) >= 11 is 0. The van der Waals surface area contributed by atoms with Crippen LogP contribution >= 0.6 is 0 Å². The van der Waals surface area contributed by atoms with Crippen molar-refractivity contribution in [3.63, 3.8) is 0 Å². The lowest BCUT2D eigenvalue weighted by molar-refractivity contribution is -0.301. The fourth-order valence-corrected chi connectivity index (χ4v) is 8.99. The molecule has 1 aliphatic rings. The first kappa shape index (κ1) is 74.4. The highest BCUT2D eigenvalue weighted by molar-refractivity contribution is 5.74. The third-order valence-corrected chi connectivity index (χ3v) is 13.8. The van der Waals surface area contributed by atoms with Crippen LogP contribution in [0.2, 0.25) is 0 Å². The van der Waals surface area contributed by atoms with Crippen molar-refractivity contribution in [2.24, 2.45) is 0 Å². The van der Waals surface area contributed by atoms with Crippen LogP contribution in [0.3, 0.4) is 0 Å². The SMILES string of the molecule is CC/C=C\C/C=C\C/C=C\C/C=C\CCCCCCCCC(=O)OCC(COC1OC(C(=O)O)C(O)C(O)C1OC(=O)CCCCCCC/C=C\C/C=C\C/C=C\CC)OC(=O)CCCCCCCCC/C=C\C/C=C\CCCCC. The van der Waals surface area contributed by atoms with E-state index in [4.69, 9.17) is 23.7 Å². The third kappa shape index (κ3) is 45.6. The first-order chi connectivity index (χ1) is 39.6. The lowest BCUT2D eigenvalue weighted by Crippen LogP contribution is -2.61. The molecule has 6 atom stereocenters. The van der Waals surface area contributed by atoms with Gasteiger partial charge in [0, 0.05) is 19.3 Å². The molecule has 1 aliphatic heterocycles. The van der Waals surface area contributed by atoms with Gasteiger partial charge in [-0.3, -0.25) is 14.4 Å². The zero-order valence-electron chi connectivity index (χ0n) is 50.7. The van der Waals surface area contributed by atoms with Gasteiger partial charge in [0.2, 0.25) is 0 Å². The number of ether oxygens (including phenoxy) is 5. The Morgan fingerprint density at radius 2 is 0.778 bits per heavy atom. The number of hydrogen-bond donors (Lipinski definition) is 3. The zero-order valence-corrected chi connectivity index (χ0v) is 50.7. The summed E-state index contributed by atoms with van der Waals surface area (Å²) < 4.78 is 28.5. The Balaban J connectivity index is 2.70. The van der Waals surface area contributed by atoms with E-state index in [9.17, 15) is 34.5 Å². The molecule has 12 nitrogen and oxygen atoms in total. The van der Waals surface area contributed by atoms with E-state index in [1.165, 1.54) is 19.3 Å². The molecule has 0 amide bonds. The topological polar surface area (TPSA) is 175 Å². The quantitative estimate of drug-likeness (QED) is 0.0228. The number of aliphatic carboxylic acids is 1. The summed E-state index contributed by atoms with van der Waals surface area (Å²) in [5.41, 5.74) is 0. The van der Waals surface area contributed by atoms with Crippen LogP contribution in [0.25, 0.3) is 0 Å². The Morgan fingerprint density at radius 1 is 0.420 bits per heavy atom. The molecule has 0 saturated carbocycles. The van der Waals surface area contributed by atoms with Crippen LogP contribution in [0.15, 0.2) is 109 Å². The molecule has 0 radical (unpaired) electrons. The van der Waals surface area contributed by atoms with E-state index in [2.05, 4.69) is 130 Å². The van der Waals surface area contributed by atoms with E-state index >= 15 is 0 Å². The van der Waals surface area contributed by atoms with Gasteiger partial charge in [-0.1, -0.05) is 220 Å². The number of unbranched alkanes of at least 4 members (excludes halogenated alkanes) is 21. The molecule has 0 spiro atoms. The van der Waals surface area contributed by atoms with E-state index in [0.29, 0.717) is 19.3 Å². The molecule has 12 heteroatoms. The summed E-state index contributed by atoms with van der Waals surface area (Å²) in [6.07, 6.45) is 63.2. The molecule has 81 heavy (non-hydrogen) atoms. The number of esters is 3. The highest BCUT2D eigenvalue weighted by Gasteiger charge is 2.50. The summed E-state index contributed by atoms with van der Waals surface area (Å²) in [6.45, 7) is 5.73. The summed E-state index contributed by atoms with van der Waals surface area (Å²) in [7, 11) is 0. The first-order valence-electron chi connectivity index (χ1n) is 31.9. The number of allylic oxidation sites excluding steroid dienone is 18. The number of carbonyl (C=O) groups is 4. The number of aliphatic hydroxyl groups is 2. The predicted octanol–water partition coefficient (Wildman–Crippen LogP) is 17.0. The smallest absolute Gasteiger partial charge is 0.335 e. The molecule has 1 fully saturated rings. The Morgan fingerprint density at radius 3 is 1.19 bits per heavy atom. The molecule has 1 heterocycles. The molecule has 0 aliphatic carbocycles. The Hall–Kier alpha value is -4.62.